The molecule has 0 aliphatic carbocycles. The van der Waals surface area contributed by atoms with Crippen molar-refractivity contribution in [2.45, 2.75) is 32.1 Å². The average Bonchev–Trinajstić information content (AvgIpc) is 2.46. The second-order valence-electron chi connectivity index (χ2n) is 5.65. The molecular weight excluding hydrogens is 286 g/mol. The summed E-state index contributed by atoms with van der Waals surface area (Å²) in [6.07, 6.45) is 0.874. The van der Waals surface area contributed by atoms with Crippen molar-refractivity contribution in [3.8, 4) is 0 Å². The van der Waals surface area contributed by atoms with Gasteiger partial charge < -0.3 is 10.0 Å². The van der Waals surface area contributed by atoms with E-state index in [0.29, 0.717) is 6.54 Å². The van der Waals surface area contributed by atoms with E-state index in [4.69, 9.17) is 5.11 Å². The van der Waals surface area contributed by atoms with Crippen LogP contribution in [0.4, 0.5) is 0 Å². The SMILES string of the molecule is CC(C)C(SCC(=O)N1CCc2ccccc2C1)C(=O)O. The number of hydrogen-bond acceptors (Lipinski definition) is 3. The van der Waals surface area contributed by atoms with Crippen LogP contribution >= 0.6 is 11.8 Å². The maximum Gasteiger partial charge on any atom is 0.316 e. The molecule has 1 aliphatic rings. The Bertz CT molecular complexity index is 530. The van der Waals surface area contributed by atoms with Gasteiger partial charge in [0, 0.05) is 13.1 Å². The van der Waals surface area contributed by atoms with Gasteiger partial charge in [-0.3, -0.25) is 9.59 Å². The van der Waals surface area contributed by atoms with Crippen molar-refractivity contribution in [3.63, 3.8) is 0 Å². The zero-order chi connectivity index (χ0) is 15.4. The Morgan fingerprint density at radius 2 is 1.95 bits per heavy atom. The smallest absolute Gasteiger partial charge is 0.316 e. The topological polar surface area (TPSA) is 57.6 Å². The highest BCUT2D eigenvalue weighted by Gasteiger charge is 2.25. The van der Waals surface area contributed by atoms with E-state index in [1.165, 1.54) is 22.9 Å². The number of hydrogen-bond donors (Lipinski definition) is 1. The summed E-state index contributed by atoms with van der Waals surface area (Å²) < 4.78 is 0. The number of amides is 1. The largest absolute Gasteiger partial charge is 0.480 e. The van der Waals surface area contributed by atoms with Crippen molar-refractivity contribution < 1.29 is 14.7 Å². The molecule has 1 amide bonds. The fraction of sp³-hybridized carbons (Fsp3) is 0.500. The van der Waals surface area contributed by atoms with Gasteiger partial charge in [-0.1, -0.05) is 38.1 Å². The summed E-state index contributed by atoms with van der Waals surface area (Å²) in [5, 5.41) is 8.63. The van der Waals surface area contributed by atoms with Crippen LogP contribution in [0.15, 0.2) is 24.3 Å². The van der Waals surface area contributed by atoms with Gasteiger partial charge in [0.25, 0.3) is 0 Å². The summed E-state index contributed by atoms with van der Waals surface area (Å²) in [5.41, 5.74) is 2.50. The number of benzene rings is 1. The maximum absolute atomic E-state index is 12.3. The van der Waals surface area contributed by atoms with Crippen molar-refractivity contribution in [2.75, 3.05) is 12.3 Å². The molecule has 1 aromatic carbocycles. The minimum Gasteiger partial charge on any atom is -0.480 e. The van der Waals surface area contributed by atoms with Crippen molar-refractivity contribution in [1.82, 2.24) is 4.90 Å². The molecule has 1 aliphatic heterocycles. The third kappa shape index (κ3) is 4.00. The van der Waals surface area contributed by atoms with Gasteiger partial charge in [-0.25, -0.2) is 0 Å². The monoisotopic (exact) mass is 307 g/mol. The fourth-order valence-corrected chi connectivity index (χ4v) is 3.54. The predicted octanol–water partition coefficient (Wildman–Crippen LogP) is 2.41. The molecular formula is C16H21NO3S. The van der Waals surface area contributed by atoms with Gasteiger partial charge in [-0.2, -0.15) is 0 Å². The third-order valence-electron chi connectivity index (χ3n) is 3.72. The first kappa shape index (κ1) is 15.9. The Labute approximate surface area is 129 Å². The summed E-state index contributed by atoms with van der Waals surface area (Å²) in [4.78, 5) is 25.2. The number of thioether (sulfide) groups is 1. The van der Waals surface area contributed by atoms with Gasteiger partial charge in [0.05, 0.1) is 5.75 Å². The predicted molar refractivity (Wildman–Crippen MR) is 84.3 cm³/mol. The number of fused-ring (bicyclic) bond motifs is 1. The molecule has 4 nitrogen and oxygen atoms in total. The van der Waals surface area contributed by atoms with Crippen LogP contribution in [0.3, 0.4) is 0 Å². The van der Waals surface area contributed by atoms with Gasteiger partial charge in [0.1, 0.15) is 5.25 Å². The molecule has 1 N–H and O–H groups in total. The molecule has 0 saturated carbocycles. The Hall–Kier alpha value is -1.49. The van der Waals surface area contributed by atoms with Crippen molar-refractivity contribution in [2.24, 2.45) is 5.92 Å². The summed E-state index contributed by atoms with van der Waals surface area (Å²) in [5.74, 6) is -0.562. The van der Waals surface area contributed by atoms with Crippen LogP contribution in [0, 0.1) is 5.92 Å². The average molecular weight is 307 g/mol. The van der Waals surface area contributed by atoms with E-state index in [9.17, 15) is 9.59 Å². The Morgan fingerprint density at radius 1 is 1.29 bits per heavy atom. The second kappa shape index (κ2) is 6.98. The maximum atomic E-state index is 12.3. The van der Waals surface area contributed by atoms with Gasteiger partial charge in [-0.15, -0.1) is 11.8 Å². The van der Waals surface area contributed by atoms with Gasteiger partial charge in [0.2, 0.25) is 5.91 Å². The Balaban J connectivity index is 1.92. The number of rotatable bonds is 5. The van der Waals surface area contributed by atoms with Crippen molar-refractivity contribution in [1.29, 1.82) is 0 Å². The molecule has 0 radical (unpaired) electrons. The fourth-order valence-electron chi connectivity index (χ4n) is 2.51. The number of nitrogens with zero attached hydrogens (tertiary/aromatic N) is 1. The van der Waals surface area contributed by atoms with E-state index in [2.05, 4.69) is 12.1 Å². The molecule has 21 heavy (non-hydrogen) atoms. The molecule has 114 valence electrons. The van der Waals surface area contributed by atoms with Crippen LogP contribution in [0.5, 0.6) is 0 Å². The van der Waals surface area contributed by atoms with E-state index in [1.54, 1.807) is 0 Å². The van der Waals surface area contributed by atoms with E-state index in [-0.39, 0.29) is 17.6 Å². The molecule has 0 bridgehead atoms. The molecule has 0 aromatic heterocycles. The number of carbonyl (C=O) groups excluding carboxylic acids is 1. The van der Waals surface area contributed by atoms with Crippen LogP contribution in [0.25, 0.3) is 0 Å². The number of aliphatic carboxylic acids is 1. The van der Waals surface area contributed by atoms with Crippen LogP contribution in [0.1, 0.15) is 25.0 Å². The highest BCUT2D eigenvalue weighted by molar-refractivity contribution is 8.01. The van der Waals surface area contributed by atoms with E-state index in [1.807, 2.05) is 30.9 Å². The highest BCUT2D eigenvalue weighted by Crippen LogP contribution is 2.23. The van der Waals surface area contributed by atoms with Crippen molar-refractivity contribution in [3.05, 3.63) is 35.4 Å². The third-order valence-corrected chi connectivity index (χ3v) is 5.24. The van der Waals surface area contributed by atoms with E-state index in [0.717, 1.165) is 13.0 Å². The first-order valence-corrected chi connectivity index (χ1v) is 8.23. The molecule has 0 spiro atoms. The Kier molecular flexibility index (Phi) is 5.28. The van der Waals surface area contributed by atoms with Crippen LogP contribution in [0.2, 0.25) is 0 Å². The molecule has 5 heteroatoms. The number of carboxylic acid groups (broad SMARTS) is 1. The molecule has 1 unspecified atom stereocenters. The summed E-state index contributed by atoms with van der Waals surface area (Å²) >= 11 is 1.23. The van der Waals surface area contributed by atoms with Crippen LogP contribution < -0.4 is 0 Å². The zero-order valence-corrected chi connectivity index (χ0v) is 13.2. The zero-order valence-electron chi connectivity index (χ0n) is 12.4. The van der Waals surface area contributed by atoms with Gasteiger partial charge in [-0.05, 0) is 23.5 Å². The number of carbonyl (C=O) groups is 2. The first-order valence-electron chi connectivity index (χ1n) is 7.18. The van der Waals surface area contributed by atoms with Gasteiger partial charge in [0.15, 0.2) is 0 Å². The molecule has 1 aromatic rings. The Morgan fingerprint density at radius 3 is 2.57 bits per heavy atom. The standard InChI is InChI=1S/C16H21NO3S/c1-11(2)15(16(19)20)21-10-14(18)17-8-7-12-5-3-4-6-13(12)9-17/h3-6,11,15H,7-10H2,1-2H3,(H,19,20). The minimum atomic E-state index is -0.841. The van der Waals surface area contributed by atoms with Crippen LogP contribution in [-0.4, -0.2) is 39.4 Å². The normalized spacial score (nSPS) is 15.7. The molecule has 0 saturated heterocycles. The lowest BCUT2D eigenvalue weighted by Gasteiger charge is -2.29. The van der Waals surface area contributed by atoms with Crippen molar-refractivity contribution >= 4 is 23.6 Å². The molecule has 1 heterocycles. The van der Waals surface area contributed by atoms with Crippen LogP contribution in [-0.2, 0) is 22.6 Å². The molecule has 0 fully saturated rings. The lowest BCUT2D eigenvalue weighted by Crippen LogP contribution is -2.38. The second-order valence-corrected chi connectivity index (χ2v) is 6.78. The van der Waals surface area contributed by atoms with E-state index >= 15 is 0 Å². The molecule has 1 atom stereocenters. The summed E-state index contributed by atoms with van der Waals surface area (Å²) in [6.45, 7) is 5.09. The first-order chi connectivity index (χ1) is 9.99. The van der Waals surface area contributed by atoms with Gasteiger partial charge >= 0.3 is 5.97 Å². The molecule has 2 rings (SSSR count). The van der Waals surface area contributed by atoms with E-state index < -0.39 is 11.2 Å². The highest BCUT2D eigenvalue weighted by atomic mass is 32.2. The summed E-state index contributed by atoms with van der Waals surface area (Å²) in [6, 6.07) is 8.16. The minimum absolute atomic E-state index is 0.0161. The quantitative estimate of drug-likeness (QED) is 0.907. The lowest BCUT2D eigenvalue weighted by molar-refractivity contribution is -0.137. The lowest BCUT2D eigenvalue weighted by atomic mass is 10.00. The summed E-state index contributed by atoms with van der Waals surface area (Å²) in [7, 11) is 0. The number of carboxylic acids is 1.